The van der Waals surface area contributed by atoms with Crippen molar-refractivity contribution in [1.82, 2.24) is 0 Å². The summed E-state index contributed by atoms with van der Waals surface area (Å²) in [6, 6.07) is 0. The summed E-state index contributed by atoms with van der Waals surface area (Å²) in [7, 11) is 0. The lowest BCUT2D eigenvalue weighted by atomic mass is 10.5. The van der Waals surface area contributed by atoms with Crippen molar-refractivity contribution in [2.75, 3.05) is 0 Å². The van der Waals surface area contributed by atoms with Gasteiger partial charge < -0.3 is 20.4 Å². The summed E-state index contributed by atoms with van der Waals surface area (Å²) in [4.78, 5) is 36.5. The normalized spacial score (nSPS) is 7.53. The Kier molecular flexibility index (Phi) is 17.4. The second-order valence-electron chi connectivity index (χ2n) is 1.63. The molecule has 0 aliphatic rings. The van der Waals surface area contributed by atoms with Crippen LogP contribution in [0.4, 0.5) is 0 Å². The fourth-order valence-electron chi connectivity index (χ4n) is 0.143. The van der Waals surface area contributed by atoms with Gasteiger partial charge in [0.25, 0.3) is 12.4 Å². The van der Waals surface area contributed by atoms with Gasteiger partial charge in [0.15, 0.2) is 0 Å². The SMILES string of the molecule is CC(=O)O.O=C(O)/C=C\C(=O)O.O=CO. The molecular weight excluding hydrogens is 212 g/mol. The number of rotatable bonds is 2. The molecule has 0 rings (SSSR count). The molecule has 0 aromatic rings. The van der Waals surface area contributed by atoms with Crippen LogP contribution in [0.3, 0.4) is 0 Å². The van der Waals surface area contributed by atoms with Crippen LogP contribution in [-0.2, 0) is 19.2 Å². The molecule has 0 aliphatic heterocycles. The van der Waals surface area contributed by atoms with Crippen LogP contribution in [0.25, 0.3) is 0 Å². The Bertz CT molecular complexity index is 221. The smallest absolute Gasteiger partial charge is 0.328 e. The first-order valence-corrected chi connectivity index (χ1v) is 3.19. The predicted octanol–water partition coefficient (Wildman–Crippen LogP) is -0.496. The van der Waals surface area contributed by atoms with Gasteiger partial charge in [-0.05, 0) is 0 Å². The topological polar surface area (TPSA) is 149 Å². The minimum Gasteiger partial charge on any atom is -0.483 e. The fraction of sp³-hybridized carbons (Fsp3) is 0.143. The van der Waals surface area contributed by atoms with Crippen LogP contribution < -0.4 is 0 Å². The van der Waals surface area contributed by atoms with Gasteiger partial charge in [-0.3, -0.25) is 9.59 Å². The van der Waals surface area contributed by atoms with E-state index in [1.54, 1.807) is 0 Å². The van der Waals surface area contributed by atoms with E-state index in [0.29, 0.717) is 12.2 Å². The lowest BCUT2D eigenvalue weighted by Gasteiger charge is -1.74. The Hall–Kier alpha value is -2.38. The lowest BCUT2D eigenvalue weighted by Crippen LogP contribution is -1.91. The molecule has 0 fully saturated rings. The molecule has 0 aromatic carbocycles. The van der Waals surface area contributed by atoms with Gasteiger partial charge in [0.05, 0.1) is 0 Å². The quantitative estimate of drug-likeness (QED) is 0.361. The summed E-state index contributed by atoms with van der Waals surface area (Å²) < 4.78 is 0. The first kappa shape index (κ1) is 18.4. The average Bonchev–Trinajstić information content (AvgIpc) is 2.01. The summed E-state index contributed by atoms with van der Waals surface area (Å²) in [6.07, 6.45) is 1.12. The molecule has 4 N–H and O–H groups in total. The van der Waals surface area contributed by atoms with E-state index in [4.69, 9.17) is 30.0 Å². The highest BCUT2D eigenvalue weighted by atomic mass is 16.4. The van der Waals surface area contributed by atoms with Gasteiger partial charge >= 0.3 is 11.9 Å². The summed E-state index contributed by atoms with van der Waals surface area (Å²) >= 11 is 0. The molecule has 0 saturated carbocycles. The van der Waals surface area contributed by atoms with Crippen molar-refractivity contribution in [3.05, 3.63) is 12.2 Å². The van der Waals surface area contributed by atoms with Gasteiger partial charge in [-0.15, -0.1) is 0 Å². The maximum Gasteiger partial charge on any atom is 0.328 e. The number of hydrogen-bond donors (Lipinski definition) is 4. The van der Waals surface area contributed by atoms with Crippen LogP contribution in [0.2, 0.25) is 0 Å². The summed E-state index contributed by atoms with van der Waals surface area (Å²) in [5, 5.41) is 29.9. The highest BCUT2D eigenvalue weighted by Crippen LogP contribution is 1.70. The molecule has 15 heavy (non-hydrogen) atoms. The van der Waals surface area contributed by atoms with E-state index in [2.05, 4.69) is 0 Å². The molecule has 86 valence electrons. The zero-order chi connectivity index (χ0) is 12.9. The maximum atomic E-state index is 9.55. The van der Waals surface area contributed by atoms with E-state index >= 15 is 0 Å². The highest BCUT2D eigenvalue weighted by molar-refractivity contribution is 5.89. The largest absolute Gasteiger partial charge is 0.483 e. The predicted molar refractivity (Wildman–Crippen MR) is 46.4 cm³/mol. The van der Waals surface area contributed by atoms with Gasteiger partial charge in [0.1, 0.15) is 0 Å². The molecule has 0 aliphatic carbocycles. The molecule has 8 nitrogen and oxygen atoms in total. The molecular formula is C7H10O8. The zero-order valence-corrected chi connectivity index (χ0v) is 7.65. The van der Waals surface area contributed by atoms with E-state index in [1.165, 1.54) is 0 Å². The zero-order valence-electron chi connectivity index (χ0n) is 7.65. The van der Waals surface area contributed by atoms with E-state index < -0.39 is 17.9 Å². The first-order valence-electron chi connectivity index (χ1n) is 3.19. The fourth-order valence-corrected chi connectivity index (χ4v) is 0.143. The van der Waals surface area contributed by atoms with Crippen molar-refractivity contribution < 1.29 is 39.6 Å². The third-order valence-electron chi connectivity index (χ3n) is 0.368. The van der Waals surface area contributed by atoms with Gasteiger partial charge in [-0.25, -0.2) is 9.59 Å². The number of carboxylic acids is 3. The third-order valence-corrected chi connectivity index (χ3v) is 0.368. The van der Waals surface area contributed by atoms with Crippen molar-refractivity contribution in [1.29, 1.82) is 0 Å². The van der Waals surface area contributed by atoms with Crippen LogP contribution in [0.1, 0.15) is 6.92 Å². The molecule has 0 unspecified atom stereocenters. The number of carbonyl (C=O) groups is 4. The monoisotopic (exact) mass is 222 g/mol. The molecule has 0 aromatic heterocycles. The van der Waals surface area contributed by atoms with E-state index in [0.717, 1.165) is 6.92 Å². The Morgan fingerprint density at radius 2 is 1.07 bits per heavy atom. The van der Waals surface area contributed by atoms with Gasteiger partial charge in [0.2, 0.25) is 0 Å². The van der Waals surface area contributed by atoms with Crippen LogP contribution in [0.15, 0.2) is 12.2 Å². The van der Waals surface area contributed by atoms with Crippen LogP contribution in [0.5, 0.6) is 0 Å². The molecule has 0 spiro atoms. The Labute approximate surface area is 84.1 Å². The third kappa shape index (κ3) is 157. The highest BCUT2D eigenvalue weighted by Gasteiger charge is 1.88. The second-order valence-corrected chi connectivity index (χ2v) is 1.63. The van der Waals surface area contributed by atoms with E-state index in [9.17, 15) is 9.59 Å². The van der Waals surface area contributed by atoms with Crippen LogP contribution in [0, 0.1) is 0 Å². The van der Waals surface area contributed by atoms with Crippen molar-refractivity contribution in [3.8, 4) is 0 Å². The minimum absolute atomic E-state index is 0.250. The molecule has 0 radical (unpaired) electrons. The van der Waals surface area contributed by atoms with Crippen molar-refractivity contribution >= 4 is 24.4 Å². The van der Waals surface area contributed by atoms with Crippen LogP contribution in [-0.4, -0.2) is 44.8 Å². The van der Waals surface area contributed by atoms with Gasteiger partial charge in [0, 0.05) is 19.1 Å². The molecule has 0 amide bonds. The minimum atomic E-state index is -1.26. The maximum absolute atomic E-state index is 9.55. The molecule has 0 heterocycles. The average molecular weight is 222 g/mol. The number of carboxylic acid groups (broad SMARTS) is 4. The lowest BCUT2D eigenvalue weighted by molar-refractivity contribution is -0.134. The Morgan fingerprint density at radius 1 is 0.933 bits per heavy atom. The summed E-state index contributed by atoms with van der Waals surface area (Å²) in [6.45, 7) is 0.833. The van der Waals surface area contributed by atoms with Crippen molar-refractivity contribution in [2.45, 2.75) is 6.92 Å². The van der Waals surface area contributed by atoms with Gasteiger partial charge in [-0.1, -0.05) is 0 Å². The Morgan fingerprint density at radius 3 is 1.13 bits per heavy atom. The van der Waals surface area contributed by atoms with E-state index in [-0.39, 0.29) is 6.47 Å². The standard InChI is InChI=1S/C4H4O4.C2H4O2.CH2O2/c5-3(6)1-2-4(7)8;1-2(3)4;2-1-3/h1-2H,(H,5,6)(H,7,8);1H3,(H,3,4);1H,(H,2,3)/b2-1-;;. The molecule has 8 heteroatoms. The number of aliphatic carboxylic acids is 3. The summed E-state index contributed by atoms with van der Waals surface area (Å²) in [5.41, 5.74) is 0. The van der Waals surface area contributed by atoms with E-state index in [1.807, 2.05) is 0 Å². The molecule has 0 bridgehead atoms. The molecule has 0 saturated heterocycles. The second kappa shape index (κ2) is 14.2. The van der Waals surface area contributed by atoms with Crippen LogP contribution >= 0.6 is 0 Å². The van der Waals surface area contributed by atoms with Gasteiger partial charge in [-0.2, -0.15) is 0 Å². The van der Waals surface area contributed by atoms with Crippen molar-refractivity contribution in [3.63, 3.8) is 0 Å². The first-order chi connectivity index (χ1) is 6.77. The summed E-state index contributed by atoms with van der Waals surface area (Å²) in [5.74, 6) is -3.35. The number of hydrogen-bond acceptors (Lipinski definition) is 4. The molecule has 0 atom stereocenters. The van der Waals surface area contributed by atoms with Crippen molar-refractivity contribution in [2.24, 2.45) is 0 Å². The Balaban J connectivity index is -0.000000173.